The number of aromatic nitrogens is 2. The molecule has 0 saturated heterocycles. The zero-order valence-electron chi connectivity index (χ0n) is 16.1. The Morgan fingerprint density at radius 1 is 1.16 bits per heavy atom. The maximum absolute atomic E-state index is 13.0. The summed E-state index contributed by atoms with van der Waals surface area (Å²) in [6.45, 7) is -0.486. The number of carbonyl (C=O) groups is 1. The molecule has 3 rings (SSSR count). The van der Waals surface area contributed by atoms with Crippen LogP contribution in [0, 0.1) is 0 Å². The van der Waals surface area contributed by atoms with Gasteiger partial charge in [-0.15, -0.1) is 11.8 Å². The van der Waals surface area contributed by atoms with Crippen LogP contribution in [0.15, 0.2) is 69.4 Å². The van der Waals surface area contributed by atoms with Crippen molar-refractivity contribution in [3.8, 4) is 0 Å². The van der Waals surface area contributed by atoms with Gasteiger partial charge in [-0.25, -0.2) is 13.1 Å². The second-order valence-electron chi connectivity index (χ2n) is 6.32. The lowest BCUT2D eigenvalue weighted by atomic mass is 10.2. The number of carbonyl (C=O) groups excluding carboxylic acids is 1. The van der Waals surface area contributed by atoms with Crippen LogP contribution in [0.4, 0.5) is 24.7 Å². The maximum Gasteiger partial charge on any atom is 0.416 e. The third-order valence-corrected chi connectivity index (χ3v) is 6.83. The Morgan fingerprint density at radius 2 is 1.84 bits per heavy atom. The second-order valence-corrected chi connectivity index (χ2v) is 9.01. The van der Waals surface area contributed by atoms with Gasteiger partial charge in [-0.05, 0) is 36.6 Å². The van der Waals surface area contributed by atoms with Crippen LogP contribution in [-0.2, 0) is 27.4 Å². The lowest BCUT2D eigenvalue weighted by Crippen LogP contribution is -2.21. The molecule has 1 aromatic heterocycles. The lowest BCUT2D eigenvalue weighted by molar-refractivity contribution is -0.137. The highest BCUT2D eigenvalue weighted by Crippen LogP contribution is 2.34. The summed E-state index contributed by atoms with van der Waals surface area (Å²) in [7, 11) is -3.99. The van der Waals surface area contributed by atoms with E-state index >= 15 is 0 Å². The van der Waals surface area contributed by atoms with Gasteiger partial charge in [-0.2, -0.15) is 18.3 Å². The number of hydrogen-bond acceptors (Lipinski definition) is 6. The predicted octanol–water partition coefficient (Wildman–Crippen LogP) is 3.68. The minimum atomic E-state index is -4.55. The summed E-state index contributed by atoms with van der Waals surface area (Å²) in [5, 5.41) is 6.53. The van der Waals surface area contributed by atoms with Gasteiger partial charge in [0.1, 0.15) is 22.3 Å². The van der Waals surface area contributed by atoms with E-state index < -0.39 is 34.0 Å². The van der Waals surface area contributed by atoms with Gasteiger partial charge >= 0.3 is 6.18 Å². The molecule has 0 spiro atoms. The number of thioether (sulfide) groups is 1. The zero-order chi connectivity index (χ0) is 22.8. The van der Waals surface area contributed by atoms with E-state index in [1.807, 2.05) is 0 Å². The van der Waals surface area contributed by atoms with Crippen molar-refractivity contribution < 1.29 is 26.4 Å². The van der Waals surface area contributed by atoms with Crippen LogP contribution in [0.2, 0.25) is 0 Å². The number of sulfone groups is 1. The summed E-state index contributed by atoms with van der Waals surface area (Å²) in [4.78, 5) is 12.2. The minimum absolute atomic E-state index is 0.0185. The average Bonchev–Trinajstić information content (AvgIpc) is 3.04. The van der Waals surface area contributed by atoms with Gasteiger partial charge in [0.25, 0.3) is 0 Å². The van der Waals surface area contributed by atoms with Crippen LogP contribution in [0.1, 0.15) is 5.56 Å². The molecule has 12 heteroatoms. The number of nitrogens with one attached hydrogen (secondary N) is 1. The molecular formula is C19H17F3N4O3S2. The molecule has 7 nitrogen and oxygen atoms in total. The Labute approximate surface area is 180 Å². The van der Waals surface area contributed by atoms with Crippen LogP contribution < -0.4 is 11.1 Å². The Bertz CT molecular complexity index is 1210. The van der Waals surface area contributed by atoms with Crippen molar-refractivity contribution in [3.05, 3.63) is 60.2 Å². The number of hydrogen-bond donors (Lipinski definition) is 2. The van der Waals surface area contributed by atoms with Crippen molar-refractivity contribution >= 4 is 39.0 Å². The number of halogens is 3. The summed E-state index contributed by atoms with van der Waals surface area (Å²) < 4.78 is 65.5. The average molecular weight is 470 g/mol. The van der Waals surface area contributed by atoms with Crippen LogP contribution in [0.25, 0.3) is 0 Å². The molecule has 31 heavy (non-hydrogen) atoms. The van der Waals surface area contributed by atoms with Crippen LogP contribution in [-0.4, -0.2) is 30.4 Å². The largest absolute Gasteiger partial charge is 0.416 e. The number of anilines is 2. The third kappa shape index (κ3) is 4.85. The Kier molecular flexibility index (Phi) is 6.32. The smallest absolute Gasteiger partial charge is 0.383 e. The quantitative estimate of drug-likeness (QED) is 0.533. The number of amides is 1. The van der Waals surface area contributed by atoms with Crippen molar-refractivity contribution in [3.63, 3.8) is 0 Å². The highest BCUT2D eigenvalue weighted by atomic mass is 32.2. The molecule has 164 valence electrons. The second kappa shape index (κ2) is 8.63. The van der Waals surface area contributed by atoms with Crippen molar-refractivity contribution in [2.24, 2.45) is 0 Å². The molecule has 1 amide bonds. The monoisotopic (exact) mass is 470 g/mol. The maximum atomic E-state index is 13.0. The van der Waals surface area contributed by atoms with Crippen molar-refractivity contribution in [1.29, 1.82) is 0 Å². The SMILES string of the molecule is CSc1nn(CC(=O)Nc2cccc(C(F)(F)F)c2)c(N)c1S(=O)(=O)c1ccccc1. The number of nitrogens with zero attached hydrogens (tertiary/aromatic N) is 2. The molecule has 0 fully saturated rings. The number of benzene rings is 2. The molecule has 0 saturated carbocycles. The number of alkyl halides is 3. The topological polar surface area (TPSA) is 107 Å². The Morgan fingerprint density at radius 3 is 2.45 bits per heavy atom. The summed E-state index contributed by atoms with van der Waals surface area (Å²) >= 11 is 1.04. The Hall–Kier alpha value is -2.99. The van der Waals surface area contributed by atoms with Crippen LogP contribution >= 0.6 is 11.8 Å². The summed E-state index contributed by atoms with van der Waals surface area (Å²) in [5.74, 6) is -0.961. The molecule has 0 aliphatic heterocycles. The van der Waals surface area contributed by atoms with Gasteiger partial charge < -0.3 is 11.1 Å². The van der Waals surface area contributed by atoms with Crippen molar-refractivity contribution in [1.82, 2.24) is 9.78 Å². The van der Waals surface area contributed by atoms with Crippen molar-refractivity contribution in [2.45, 2.75) is 27.5 Å². The highest BCUT2D eigenvalue weighted by molar-refractivity contribution is 7.99. The molecule has 1 heterocycles. The number of nitrogen functional groups attached to an aromatic ring is 1. The van der Waals surface area contributed by atoms with Gasteiger partial charge in [0, 0.05) is 5.69 Å². The first kappa shape index (κ1) is 22.7. The fraction of sp³-hybridized carbons (Fsp3) is 0.158. The van der Waals surface area contributed by atoms with Crippen LogP contribution in [0.5, 0.6) is 0 Å². The summed E-state index contributed by atoms with van der Waals surface area (Å²) in [5.41, 5.74) is 5.03. The normalized spacial score (nSPS) is 12.0. The third-order valence-electron chi connectivity index (χ3n) is 4.20. The fourth-order valence-electron chi connectivity index (χ4n) is 2.77. The first-order chi connectivity index (χ1) is 14.5. The van der Waals surface area contributed by atoms with Gasteiger partial charge in [0.15, 0.2) is 0 Å². The summed E-state index contributed by atoms with van der Waals surface area (Å²) in [6, 6.07) is 11.8. The Balaban J connectivity index is 1.88. The molecule has 0 bridgehead atoms. The lowest BCUT2D eigenvalue weighted by Gasteiger charge is -2.10. The fourth-order valence-corrected chi connectivity index (χ4v) is 5.22. The van der Waals surface area contributed by atoms with Gasteiger partial charge in [-0.3, -0.25) is 4.79 Å². The van der Waals surface area contributed by atoms with E-state index in [4.69, 9.17) is 5.73 Å². The molecule has 0 radical (unpaired) electrons. The van der Waals surface area contributed by atoms with E-state index in [2.05, 4.69) is 10.4 Å². The predicted molar refractivity (Wildman–Crippen MR) is 110 cm³/mol. The van der Waals surface area contributed by atoms with Gasteiger partial charge in [0.2, 0.25) is 15.7 Å². The van der Waals surface area contributed by atoms with Crippen LogP contribution in [0.3, 0.4) is 0 Å². The van der Waals surface area contributed by atoms with E-state index in [9.17, 15) is 26.4 Å². The van der Waals surface area contributed by atoms with E-state index in [-0.39, 0.29) is 26.3 Å². The number of rotatable bonds is 6. The molecule has 3 aromatic rings. The van der Waals surface area contributed by atoms with E-state index in [0.717, 1.165) is 34.6 Å². The van der Waals surface area contributed by atoms with Gasteiger partial charge in [0.05, 0.1) is 10.5 Å². The first-order valence-electron chi connectivity index (χ1n) is 8.71. The molecule has 0 atom stereocenters. The van der Waals surface area contributed by atoms with E-state index in [1.165, 1.54) is 18.2 Å². The highest BCUT2D eigenvalue weighted by Gasteiger charge is 2.31. The van der Waals surface area contributed by atoms with Crippen molar-refractivity contribution in [2.75, 3.05) is 17.3 Å². The molecular weight excluding hydrogens is 453 g/mol. The molecule has 2 aromatic carbocycles. The zero-order valence-corrected chi connectivity index (χ0v) is 17.7. The van der Waals surface area contributed by atoms with Gasteiger partial charge in [-0.1, -0.05) is 24.3 Å². The van der Waals surface area contributed by atoms with E-state index in [1.54, 1.807) is 24.5 Å². The molecule has 0 aliphatic rings. The minimum Gasteiger partial charge on any atom is -0.383 e. The molecule has 3 N–H and O–H groups in total. The first-order valence-corrected chi connectivity index (χ1v) is 11.4. The molecule has 0 unspecified atom stereocenters. The summed E-state index contributed by atoms with van der Waals surface area (Å²) in [6.07, 6.45) is -2.94. The molecule has 0 aliphatic carbocycles. The van der Waals surface area contributed by atoms with E-state index in [0.29, 0.717) is 0 Å². The standard InChI is InChI=1S/C19H17F3N4O3S2/c1-30-18-16(31(28,29)14-8-3-2-4-9-14)17(23)26(25-18)11-15(27)24-13-7-5-6-12(10-13)19(20,21)22/h2-10H,11,23H2,1H3,(H,24,27). The number of nitrogens with two attached hydrogens (primary N) is 1.